The first-order valence-corrected chi connectivity index (χ1v) is 4.87. The summed E-state index contributed by atoms with van der Waals surface area (Å²) in [5, 5.41) is 8.75. The smallest absolute Gasteiger partial charge is 0.0949 e. The molecule has 2 heteroatoms. The van der Waals surface area contributed by atoms with E-state index in [-0.39, 0.29) is 6.04 Å². The number of hydrogen-bond acceptors (Lipinski definition) is 2. The lowest BCUT2D eigenvalue weighted by Gasteiger charge is -2.21. The van der Waals surface area contributed by atoms with Gasteiger partial charge < -0.3 is 0 Å². The SMILES string of the molecule is CC1CCCN(C(C)C#N)CC1. The molecule has 0 aliphatic carbocycles. The lowest BCUT2D eigenvalue weighted by molar-refractivity contribution is 0.253. The Labute approximate surface area is 75.2 Å². The molecule has 1 saturated heterocycles. The van der Waals surface area contributed by atoms with Crippen molar-refractivity contribution in [1.82, 2.24) is 4.90 Å². The van der Waals surface area contributed by atoms with E-state index >= 15 is 0 Å². The Balaban J connectivity index is 2.41. The predicted molar refractivity (Wildman–Crippen MR) is 49.7 cm³/mol. The van der Waals surface area contributed by atoms with E-state index in [0.717, 1.165) is 19.0 Å². The molecule has 0 radical (unpaired) electrons. The molecule has 1 rings (SSSR count). The van der Waals surface area contributed by atoms with Crippen LogP contribution in [0.1, 0.15) is 33.1 Å². The van der Waals surface area contributed by atoms with E-state index < -0.39 is 0 Å². The summed E-state index contributed by atoms with van der Waals surface area (Å²) in [6.45, 7) is 6.52. The molecule has 0 saturated carbocycles. The molecule has 2 nitrogen and oxygen atoms in total. The first kappa shape index (κ1) is 9.54. The van der Waals surface area contributed by atoms with Crippen molar-refractivity contribution in [3.8, 4) is 6.07 Å². The molecule has 0 bridgehead atoms. The molecule has 0 spiro atoms. The zero-order valence-corrected chi connectivity index (χ0v) is 8.08. The average Bonchev–Trinajstić information content (AvgIpc) is 2.29. The molecule has 0 N–H and O–H groups in total. The first-order chi connectivity index (χ1) is 5.74. The second-order valence-corrected chi connectivity index (χ2v) is 3.88. The number of likely N-dealkylation sites (tertiary alicyclic amines) is 1. The van der Waals surface area contributed by atoms with E-state index in [2.05, 4.69) is 17.9 Å². The van der Waals surface area contributed by atoms with Crippen LogP contribution in [0.2, 0.25) is 0 Å². The molecule has 12 heavy (non-hydrogen) atoms. The number of nitriles is 1. The molecule has 1 heterocycles. The van der Waals surface area contributed by atoms with Crippen molar-refractivity contribution in [3.63, 3.8) is 0 Å². The van der Waals surface area contributed by atoms with Crippen molar-refractivity contribution < 1.29 is 0 Å². The molecule has 2 unspecified atom stereocenters. The molecule has 1 fully saturated rings. The molecular formula is C10H18N2. The van der Waals surface area contributed by atoms with Gasteiger partial charge in [-0.25, -0.2) is 0 Å². The highest BCUT2D eigenvalue weighted by Crippen LogP contribution is 2.17. The predicted octanol–water partition coefficient (Wildman–Crippen LogP) is 2.02. The summed E-state index contributed by atoms with van der Waals surface area (Å²) < 4.78 is 0. The van der Waals surface area contributed by atoms with Crippen LogP contribution in [0.5, 0.6) is 0 Å². The maximum absolute atomic E-state index is 8.75. The topological polar surface area (TPSA) is 27.0 Å². The summed E-state index contributed by atoms with van der Waals surface area (Å²) in [4.78, 5) is 2.30. The Bertz CT molecular complexity index is 171. The lowest BCUT2D eigenvalue weighted by Crippen LogP contribution is -2.32. The van der Waals surface area contributed by atoms with Crippen LogP contribution in [-0.4, -0.2) is 24.0 Å². The molecule has 2 atom stereocenters. The molecule has 0 aromatic rings. The fraction of sp³-hybridized carbons (Fsp3) is 0.900. The van der Waals surface area contributed by atoms with Crippen molar-refractivity contribution in [2.75, 3.05) is 13.1 Å². The van der Waals surface area contributed by atoms with Crippen molar-refractivity contribution in [3.05, 3.63) is 0 Å². The monoisotopic (exact) mass is 166 g/mol. The fourth-order valence-corrected chi connectivity index (χ4v) is 1.75. The largest absolute Gasteiger partial charge is 0.288 e. The average molecular weight is 166 g/mol. The Hall–Kier alpha value is -0.550. The van der Waals surface area contributed by atoms with Gasteiger partial charge in [0.2, 0.25) is 0 Å². The highest BCUT2D eigenvalue weighted by Gasteiger charge is 2.17. The van der Waals surface area contributed by atoms with Crippen LogP contribution in [0.4, 0.5) is 0 Å². The number of hydrogen-bond donors (Lipinski definition) is 0. The number of nitrogens with zero attached hydrogens (tertiary/aromatic N) is 2. The van der Waals surface area contributed by atoms with Gasteiger partial charge in [-0.15, -0.1) is 0 Å². The molecule has 0 aromatic carbocycles. The molecule has 1 aliphatic heterocycles. The third kappa shape index (κ3) is 2.49. The lowest BCUT2D eigenvalue weighted by atomic mass is 10.0. The normalized spacial score (nSPS) is 28.9. The molecule has 0 aromatic heterocycles. The van der Waals surface area contributed by atoms with Crippen LogP contribution in [-0.2, 0) is 0 Å². The quantitative estimate of drug-likeness (QED) is 0.596. The van der Waals surface area contributed by atoms with Crippen LogP contribution in [0.25, 0.3) is 0 Å². The van der Waals surface area contributed by atoms with Crippen LogP contribution >= 0.6 is 0 Å². The Kier molecular flexibility index (Phi) is 3.55. The zero-order chi connectivity index (χ0) is 8.97. The zero-order valence-electron chi connectivity index (χ0n) is 8.08. The van der Waals surface area contributed by atoms with E-state index in [0.29, 0.717) is 0 Å². The standard InChI is InChI=1S/C10H18N2/c1-9-4-3-6-12(7-5-9)10(2)8-11/h9-10H,3-7H2,1-2H3. The highest BCUT2D eigenvalue weighted by molar-refractivity contribution is 4.88. The highest BCUT2D eigenvalue weighted by atomic mass is 15.1. The van der Waals surface area contributed by atoms with Gasteiger partial charge in [0.05, 0.1) is 12.1 Å². The van der Waals surface area contributed by atoms with Gasteiger partial charge in [0.1, 0.15) is 0 Å². The maximum Gasteiger partial charge on any atom is 0.0949 e. The minimum Gasteiger partial charge on any atom is -0.288 e. The van der Waals surface area contributed by atoms with E-state index in [4.69, 9.17) is 5.26 Å². The van der Waals surface area contributed by atoms with Crippen LogP contribution in [0, 0.1) is 17.2 Å². The summed E-state index contributed by atoms with van der Waals surface area (Å²) in [6, 6.07) is 2.41. The van der Waals surface area contributed by atoms with Crippen molar-refractivity contribution in [2.24, 2.45) is 5.92 Å². The van der Waals surface area contributed by atoms with Gasteiger partial charge in [-0.3, -0.25) is 4.90 Å². The molecule has 1 aliphatic rings. The Morgan fingerprint density at radius 2 is 2.17 bits per heavy atom. The molecule has 0 amide bonds. The van der Waals surface area contributed by atoms with Crippen LogP contribution < -0.4 is 0 Å². The summed E-state index contributed by atoms with van der Waals surface area (Å²) in [7, 11) is 0. The Morgan fingerprint density at radius 3 is 2.83 bits per heavy atom. The van der Waals surface area contributed by atoms with Gasteiger partial charge in [-0.05, 0) is 45.2 Å². The number of rotatable bonds is 1. The first-order valence-electron chi connectivity index (χ1n) is 4.87. The van der Waals surface area contributed by atoms with E-state index in [1.54, 1.807) is 0 Å². The van der Waals surface area contributed by atoms with Crippen molar-refractivity contribution >= 4 is 0 Å². The third-order valence-electron chi connectivity index (χ3n) is 2.79. The second kappa shape index (κ2) is 4.47. The van der Waals surface area contributed by atoms with Gasteiger partial charge in [0, 0.05) is 0 Å². The Morgan fingerprint density at radius 1 is 1.42 bits per heavy atom. The second-order valence-electron chi connectivity index (χ2n) is 3.88. The fourth-order valence-electron chi connectivity index (χ4n) is 1.75. The van der Waals surface area contributed by atoms with Gasteiger partial charge >= 0.3 is 0 Å². The summed E-state index contributed by atoms with van der Waals surface area (Å²) in [5.41, 5.74) is 0. The van der Waals surface area contributed by atoms with E-state index in [9.17, 15) is 0 Å². The minimum atomic E-state index is 0.107. The summed E-state index contributed by atoms with van der Waals surface area (Å²) in [6.07, 6.45) is 3.84. The van der Waals surface area contributed by atoms with Gasteiger partial charge in [-0.2, -0.15) is 5.26 Å². The van der Waals surface area contributed by atoms with Crippen molar-refractivity contribution in [2.45, 2.75) is 39.2 Å². The summed E-state index contributed by atoms with van der Waals surface area (Å²) >= 11 is 0. The van der Waals surface area contributed by atoms with Crippen LogP contribution in [0.15, 0.2) is 0 Å². The van der Waals surface area contributed by atoms with Gasteiger partial charge in [-0.1, -0.05) is 6.92 Å². The van der Waals surface area contributed by atoms with E-state index in [1.807, 2.05) is 6.92 Å². The van der Waals surface area contributed by atoms with Gasteiger partial charge in [0.15, 0.2) is 0 Å². The van der Waals surface area contributed by atoms with Crippen LogP contribution in [0.3, 0.4) is 0 Å². The van der Waals surface area contributed by atoms with E-state index in [1.165, 1.54) is 19.3 Å². The molecule has 68 valence electrons. The molecular weight excluding hydrogens is 148 g/mol. The van der Waals surface area contributed by atoms with Crippen molar-refractivity contribution in [1.29, 1.82) is 5.26 Å². The summed E-state index contributed by atoms with van der Waals surface area (Å²) in [5.74, 6) is 0.848. The minimum absolute atomic E-state index is 0.107. The maximum atomic E-state index is 8.75. The third-order valence-corrected chi connectivity index (χ3v) is 2.79. The van der Waals surface area contributed by atoms with Gasteiger partial charge in [0.25, 0.3) is 0 Å².